The zero-order valence-electron chi connectivity index (χ0n) is 11.5. The third kappa shape index (κ3) is 3.33. The Bertz CT molecular complexity index is 501. The Kier molecular flexibility index (Phi) is 4.22. The molecular weight excluding hydrogens is 252 g/mol. The minimum atomic E-state index is 0.629. The van der Waals surface area contributed by atoms with Gasteiger partial charge in [0.15, 0.2) is 5.82 Å². The van der Waals surface area contributed by atoms with Crippen molar-refractivity contribution in [1.82, 2.24) is 25.9 Å². The molecule has 0 radical (unpaired) electrons. The number of nitrogens with one attached hydrogen (secondary N) is 2. The Morgan fingerprint density at radius 3 is 2.55 bits per heavy atom. The van der Waals surface area contributed by atoms with E-state index in [4.69, 9.17) is 0 Å². The molecule has 1 aliphatic rings. The normalized spacial score (nSPS) is 15.5. The highest BCUT2D eigenvalue weighted by atomic mass is 15.5. The molecule has 0 amide bonds. The molecule has 0 atom stereocenters. The highest BCUT2D eigenvalue weighted by Gasteiger charge is 2.10. The predicted octanol–water partition coefficient (Wildman–Crippen LogP) is 1.48. The first-order valence-corrected chi connectivity index (χ1v) is 7.19. The van der Waals surface area contributed by atoms with Crippen LogP contribution >= 0.6 is 0 Å². The van der Waals surface area contributed by atoms with Gasteiger partial charge in [0.25, 0.3) is 0 Å². The predicted molar refractivity (Wildman–Crippen MR) is 77.2 cm³/mol. The van der Waals surface area contributed by atoms with Gasteiger partial charge >= 0.3 is 0 Å². The third-order valence-electron chi connectivity index (χ3n) is 3.66. The third-order valence-corrected chi connectivity index (χ3v) is 3.66. The Hall–Kier alpha value is -1.95. The summed E-state index contributed by atoms with van der Waals surface area (Å²) < 4.78 is 0. The summed E-state index contributed by atoms with van der Waals surface area (Å²) in [6.45, 7) is 3.82. The van der Waals surface area contributed by atoms with Crippen molar-refractivity contribution in [3.8, 4) is 0 Å². The highest BCUT2D eigenvalue weighted by Crippen LogP contribution is 2.20. The van der Waals surface area contributed by atoms with Crippen LogP contribution in [0.25, 0.3) is 0 Å². The zero-order chi connectivity index (χ0) is 13.6. The van der Waals surface area contributed by atoms with E-state index < -0.39 is 0 Å². The number of piperidine rings is 1. The second-order valence-corrected chi connectivity index (χ2v) is 5.15. The molecule has 0 spiro atoms. The summed E-state index contributed by atoms with van der Waals surface area (Å²) in [5.74, 6) is 0.690. The maximum atomic E-state index is 3.91. The topological polar surface area (TPSA) is 69.7 Å². The van der Waals surface area contributed by atoms with E-state index in [2.05, 4.69) is 55.1 Å². The minimum Gasteiger partial charge on any atom is -0.372 e. The van der Waals surface area contributed by atoms with Gasteiger partial charge in [-0.05, 0) is 37.0 Å². The minimum absolute atomic E-state index is 0.629. The number of hydrogen-bond acceptors (Lipinski definition) is 5. The summed E-state index contributed by atoms with van der Waals surface area (Å²) in [5.41, 5.74) is 2.61. The first-order chi connectivity index (χ1) is 9.92. The van der Waals surface area contributed by atoms with E-state index in [1.807, 2.05) is 0 Å². The van der Waals surface area contributed by atoms with E-state index in [9.17, 15) is 0 Å². The lowest BCUT2D eigenvalue weighted by molar-refractivity contribution is 0.577. The first-order valence-electron chi connectivity index (χ1n) is 7.19. The Morgan fingerprint density at radius 1 is 1.05 bits per heavy atom. The molecule has 1 saturated heterocycles. The summed E-state index contributed by atoms with van der Waals surface area (Å²) in [6.07, 6.45) is 4.00. The molecule has 6 nitrogen and oxygen atoms in total. The van der Waals surface area contributed by atoms with Crippen LogP contribution in [-0.4, -0.2) is 33.7 Å². The number of aromatic amines is 1. The fourth-order valence-corrected chi connectivity index (χ4v) is 2.55. The quantitative estimate of drug-likeness (QED) is 0.863. The van der Waals surface area contributed by atoms with E-state index in [0.717, 1.165) is 6.54 Å². The summed E-state index contributed by atoms with van der Waals surface area (Å²) in [4.78, 5) is 2.47. The van der Waals surface area contributed by atoms with Crippen molar-refractivity contribution in [2.24, 2.45) is 0 Å². The molecule has 3 rings (SSSR count). The number of benzene rings is 1. The second kappa shape index (κ2) is 6.47. The van der Waals surface area contributed by atoms with Gasteiger partial charge in [0, 0.05) is 25.3 Å². The van der Waals surface area contributed by atoms with Crippen molar-refractivity contribution < 1.29 is 0 Å². The van der Waals surface area contributed by atoms with Crippen molar-refractivity contribution in [3.05, 3.63) is 35.7 Å². The van der Waals surface area contributed by atoms with Crippen LogP contribution in [0, 0.1) is 0 Å². The van der Waals surface area contributed by atoms with Crippen LogP contribution in [0.15, 0.2) is 24.3 Å². The lowest BCUT2D eigenvalue weighted by Crippen LogP contribution is -2.29. The molecule has 2 aromatic rings. The summed E-state index contributed by atoms with van der Waals surface area (Å²) in [7, 11) is 0. The molecule has 0 aliphatic carbocycles. The average Bonchev–Trinajstić information content (AvgIpc) is 3.02. The van der Waals surface area contributed by atoms with Gasteiger partial charge in [0.05, 0.1) is 6.54 Å². The second-order valence-electron chi connectivity index (χ2n) is 5.15. The highest BCUT2D eigenvalue weighted by molar-refractivity contribution is 5.47. The molecule has 2 N–H and O–H groups in total. The van der Waals surface area contributed by atoms with E-state index >= 15 is 0 Å². The summed E-state index contributed by atoms with van der Waals surface area (Å²) >= 11 is 0. The number of rotatable bonds is 5. The SMILES string of the molecule is c1cc(N2CCCCC2)ccc1CNCc1nn[nH]n1. The lowest BCUT2D eigenvalue weighted by Gasteiger charge is -2.28. The van der Waals surface area contributed by atoms with Crippen LogP contribution < -0.4 is 10.2 Å². The number of nitrogens with zero attached hydrogens (tertiary/aromatic N) is 4. The van der Waals surface area contributed by atoms with Gasteiger partial charge in [-0.3, -0.25) is 0 Å². The molecule has 1 aromatic carbocycles. The Balaban J connectivity index is 1.50. The largest absolute Gasteiger partial charge is 0.372 e. The molecule has 0 unspecified atom stereocenters. The molecule has 1 fully saturated rings. The van der Waals surface area contributed by atoms with Crippen LogP contribution in [-0.2, 0) is 13.1 Å². The number of anilines is 1. The summed E-state index contributed by atoms with van der Waals surface area (Å²) in [5, 5.41) is 17.1. The van der Waals surface area contributed by atoms with Gasteiger partial charge in [0.2, 0.25) is 0 Å². The van der Waals surface area contributed by atoms with Crippen molar-refractivity contribution in [3.63, 3.8) is 0 Å². The Labute approximate surface area is 118 Å². The van der Waals surface area contributed by atoms with Gasteiger partial charge in [-0.1, -0.05) is 17.3 Å². The molecule has 2 heterocycles. The maximum Gasteiger partial charge on any atom is 0.188 e. The number of aromatic nitrogens is 4. The fraction of sp³-hybridized carbons (Fsp3) is 0.500. The number of H-pyrrole nitrogens is 1. The number of hydrogen-bond donors (Lipinski definition) is 2. The van der Waals surface area contributed by atoms with Gasteiger partial charge in [-0.2, -0.15) is 5.21 Å². The van der Waals surface area contributed by atoms with Crippen LogP contribution in [0.4, 0.5) is 5.69 Å². The maximum absolute atomic E-state index is 3.91. The van der Waals surface area contributed by atoms with E-state index in [-0.39, 0.29) is 0 Å². The standard InChI is InChI=1S/C14H20N6/c1-2-8-20(9-3-1)13-6-4-12(5-7-13)10-15-11-14-16-18-19-17-14/h4-7,15H,1-3,8-11H2,(H,16,17,18,19). The summed E-state index contributed by atoms with van der Waals surface area (Å²) in [6, 6.07) is 8.81. The molecule has 0 saturated carbocycles. The number of tetrazole rings is 1. The van der Waals surface area contributed by atoms with Gasteiger partial charge in [-0.25, -0.2) is 0 Å². The molecule has 1 aromatic heterocycles. The van der Waals surface area contributed by atoms with Crippen LogP contribution in [0.5, 0.6) is 0 Å². The molecule has 0 bridgehead atoms. The van der Waals surface area contributed by atoms with Gasteiger partial charge in [0.1, 0.15) is 0 Å². The van der Waals surface area contributed by atoms with Crippen LogP contribution in [0.1, 0.15) is 30.7 Å². The molecule has 20 heavy (non-hydrogen) atoms. The molecule has 1 aliphatic heterocycles. The van der Waals surface area contributed by atoms with Crippen molar-refractivity contribution in [2.45, 2.75) is 32.4 Å². The zero-order valence-corrected chi connectivity index (χ0v) is 11.5. The monoisotopic (exact) mass is 272 g/mol. The van der Waals surface area contributed by atoms with Crippen LogP contribution in [0.2, 0.25) is 0 Å². The van der Waals surface area contributed by atoms with Crippen molar-refractivity contribution in [2.75, 3.05) is 18.0 Å². The smallest absolute Gasteiger partial charge is 0.188 e. The average molecular weight is 272 g/mol. The van der Waals surface area contributed by atoms with E-state index in [1.165, 1.54) is 43.6 Å². The van der Waals surface area contributed by atoms with Crippen molar-refractivity contribution in [1.29, 1.82) is 0 Å². The Morgan fingerprint density at radius 2 is 1.85 bits per heavy atom. The van der Waals surface area contributed by atoms with Crippen LogP contribution in [0.3, 0.4) is 0 Å². The lowest BCUT2D eigenvalue weighted by atomic mass is 10.1. The first kappa shape index (κ1) is 13.1. The van der Waals surface area contributed by atoms with Gasteiger partial charge in [-0.15, -0.1) is 10.2 Å². The van der Waals surface area contributed by atoms with Crippen molar-refractivity contribution >= 4 is 5.69 Å². The molecule has 106 valence electrons. The van der Waals surface area contributed by atoms with Gasteiger partial charge < -0.3 is 10.2 Å². The van der Waals surface area contributed by atoms with E-state index in [1.54, 1.807) is 0 Å². The fourth-order valence-electron chi connectivity index (χ4n) is 2.55. The van der Waals surface area contributed by atoms with E-state index in [0.29, 0.717) is 12.4 Å². The molecular formula is C14H20N6. The molecule has 6 heteroatoms.